The predicted molar refractivity (Wildman–Crippen MR) is 78.1 cm³/mol. The Balaban J connectivity index is 1.81. The first-order valence-electron chi connectivity index (χ1n) is 5.97. The molecule has 3 rings (SSSR count). The fourth-order valence-electron chi connectivity index (χ4n) is 2.00. The molecular weight excluding hydrogens is 328 g/mol. The van der Waals surface area contributed by atoms with Crippen molar-refractivity contribution in [1.82, 2.24) is 0 Å². The van der Waals surface area contributed by atoms with Gasteiger partial charge in [0.1, 0.15) is 12.7 Å². The number of aliphatic hydroxyl groups is 1. The summed E-state index contributed by atoms with van der Waals surface area (Å²) in [6, 6.07) is 9.45. The van der Waals surface area contributed by atoms with Crippen LogP contribution in [0.3, 0.4) is 0 Å². The molecule has 2 unspecified atom stereocenters. The number of hydrogen-bond acceptors (Lipinski definition) is 4. The Bertz CT molecular complexity index is 577. The molecule has 1 aliphatic rings. The maximum atomic E-state index is 10.4. The SMILES string of the molecule is Cc1sc(C(O)C2COc3ccccc3O2)cc1Br. The summed E-state index contributed by atoms with van der Waals surface area (Å²) in [6.07, 6.45) is -1.05. The highest BCUT2D eigenvalue weighted by Crippen LogP contribution is 2.37. The summed E-state index contributed by atoms with van der Waals surface area (Å²) in [5.41, 5.74) is 0. The Morgan fingerprint density at radius 1 is 1.37 bits per heavy atom. The zero-order valence-electron chi connectivity index (χ0n) is 10.3. The molecule has 1 aliphatic heterocycles. The lowest BCUT2D eigenvalue weighted by molar-refractivity contribution is -0.00961. The molecule has 0 saturated carbocycles. The normalized spacial score (nSPS) is 19.2. The minimum absolute atomic E-state index is 0.354. The molecular formula is C14H13BrO3S. The minimum atomic E-state index is -0.677. The van der Waals surface area contributed by atoms with Gasteiger partial charge in [0.25, 0.3) is 0 Å². The minimum Gasteiger partial charge on any atom is -0.486 e. The van der Waals surface area contributed by atoms with Crippen molar-refractivity contribution in [3.8, 4) is 11.5 Å². The molecule has 100 valence electrons. The number of thiophene rings is 1. The number of para-hydroxylation sites is 2. The Hall–Kier alpha value is -1.04. The summed E-state index contributed by atoms with van der Waals surface area (Å²) < 4.78 is 12.5. The number of hydrogen-bond donors (Lipinski definition) is 1. The number of fused-ring (bicyclic) bond motifs is 1. The van der Waals surface area contributed by atoms with Crippen LogP contribution in [0.1, 0.15) is 15.9 Å². The van der Waals surface area contributed by atoms with Crippen LogP contribution in [0.25, 0.3) is 0 Å². The second-order valence-corrected chi connectivity index (χ2v) is 6.55. The van der Waals surface area contributed by atoms with Gasteiger partial charge < -0.3 is 14.6 Å². The van der Waals surface area contributed by atoms with Crippen LogP contribution < -0.4 is 9.47 Å². The molecule has 3 nitrogen and oxygen atoms in total. The molecule has 1 N–H and O–H groups in total. The lowest BCUT2D eigenvalue weighted by atomic mass is 10.1. The van der Waals surface area contributed by atoms with E-state index in [2.05, 4.69) is 15.9 Å². The quantitative estimate of drug-likeness (QED) is 0.905. The molecule has 0 fully saturated rings. The number of aliphatic hydroxyl groups excluding tert-OH is 1. The molecule has 1 aromatic heterocycles. The van der Waals surface area contributed by atoms with Crippen molar-refractivity contribution in [3.63, 3.8) is 0 Å². The highest BCUT2D eigenvalue weighted by molar-refractivity contribution is 9.10. The van der Waals surface area contributed by atoms with Gasteiger partial charge in [-0.1, -0.05) is 12.1 Å². The third-order valence-electron chi connectivity index (χ3n) is 3.05. The Morgan fingerprint density at radius 3 is 2.79 bits per heavy atom. The molecule has 1 aromatic carbocycles. The lowest BCUT2D eigenvalue weighted by Crippen LogP contribution is -2.34. The lowest BCUT2D eigenvalue weighted by Gasteiger charge is -2.29. The van der Waals surface area contributed by atoms with Crippen molar-refractivity contribution < 1.29 is 14.6 Å². The van der Waals surface area contributed by atoms with E-state index < -0.39 is 6.10 Å². The van der Waals surface area contributed by atoms with Crippen LogP contribution in [0.15, 0.2) is 34.8 Å². The summed E-state index contributed by atoms with van der Waals surface area (Å²) in [5, 5.41) is 10.4. The number of aryl methyl sites for hydroxylation is 1. The summed E-state index contributed by atoms with van der Waals surface area (Å²) >= 11 is 5.03. The van der Waals surface area contributed by atoms with Crippen molar-refractivity contribution >= 4 is 27.3 Å². The zero-order valence-corrected chi connectivity index (χ0v) is 12.7. The van der Waals surface area contributed by atoms with Gasteiger partial charge in [-0.2, -0.15) is 0 Å². The molecule has 0 saturated heterocycles. The first kappa shape index (κ1) is 13.0. The second kappa shape index (κ2) is 5.15. The smallest absolute Gasteiger partial charge is 0.163 e. The Labute approximate surface area is 123 Å². The highest BCUT2D eigenvalue weighted by Gasteiger charge is 2.29. The number of benzene rings is 1. The maximum Gasteiger partial charge on any atom is 0.163 e. The number of halogens is 1. The third-order valence-corrected chi connectivity index (χ3v) is 5.26. The van der Waals surface area contributed by atoms with E-state index in [9.17, 15) is 5.11 Å². The zero-order chi connectivity index (χ0) is 13.4. The van der Waals surface area contributed by atoms with E-state index in [1.54, 1.807) is 11.3 Å². The topological polar surface area (TPSA) is 38.7 Å². The van der Waals surface area contributed by atoms with Gasteiger partial charge in [-0.15, -0.1) is 11.3 Å². The highest BCUT2D eigenvalue weighted by atomic mass is 79.9. The summed E-state index contributed by atoms with van der Waals surface area (Å²) in [5.74, 6) is 1.42. The standard InChI is InChI=1S/C14H13BrO3S/c1-8-9(15)6-13(19-8)14(16)12-7-17-10-4-2-3-5-11(10)18-12/h2-6,12,14,16H,7H2,1H3. The van der Waals surface area contributed by atoms with Gasteiger partial charge >= 0.3 is 0 Å². The van der Waals surface area contributed by atoms with Crippen LogP contribution in [-0.4, -0.2) is 17.8 Å². The van der Waals surface area contributed by atoms with Gasteiger partial charge in [-0.05, 0) is 41.1 Å². The number of rotatable bonds is 2. The van der Waals surface area contributed by atoms with E-state index >= 15 is 0 Å². The van der Waals surface area contributed by atoms with Crippen LogP contribution in [0.5, 0.6) is 11.5 Å². The molecule has 5 heteroatoms. The van der Waals surface area contributed by atoms with Crippen molar-refractivity contribution in [2.75, 3.05) is 6.61 Å². The molecule has 2 aromatic rings. The molecule has 0 bridgehead atoms. The molecule has 0 amide bonds. The largest absolute Gasteiger partial charge is 0.486 e. The van der Waals surface area contributed by atoms with Gasteiger partial charge in [-0.25, -0.2) is 0 Å². The van der Waals surface area contributed by atoms with E-state index in [1.165, 1.54) is 0 Å². The van der Waals surface area contributed by atoms with E-state index in [0.29, 0.717) is 12.4 Å². The average molecular weight is 341 g/mol. The van der Waals surface area contributed by atoms with Crippen molar-refractivity contribution in [3.05, 3.63) is 44.6 Å². The first-order chi connectivity index (χ1) is 9.15. The van der Waals surface area contributed by atoms with Gasteiger partial charge in [0.05, 0.1) is 0 Å². The first-order valence-corrected chi connectivity index (χ1v) is 7.58. The average Bonchev–Trinajstić information content (AvgIpc) is 2.77. The van der Waals surface area contributed by atoms with E-state index in [-0.39, 0.29) is 6.10 Å². The van der Waals surface area contributed by atoms with Crippen LogP contribution in [0.2, 0.25) is 0 Å². The fourth-order valence-corrected chi connectivity index (χ4v) is 3.60. The molecule has 0 aliphatic carbocycles. The number of ether oxygens (including phenoxy) is 2. The molecule has 2 heterocycles. The third kappa shape index (κ3) is 2.50. The Morgan fingerprint density at radius 2 is 2.11 bits per heavy atom. The second-order valence-electron chi connectivity index (χ2n) is 4.41. The van der Waals surface area contributed by atoms with Crippen LogP contribution in [0, 0.1) is 6.92 Å². The van der Waals surface area contributed by atoms with Crippen molar-refractivity contribution in [2.45, 2.75) is 19.1 Å². The van der Waals surface area contributed by atoms with Gasteiger partial charge in [0, 0.05) is 14.2 Å². The summed E-state index contributed by atoms with van der Waals surface area (Å²) in [6.45, 7) is 2.37. The summed E-state index contributed by atoms with van der Waals surface area (Å²) in [7, 11) is 0. The molecule has 0 radical (unpaired) electrons. The fraction of sp³-hybridized carbons (Fsp3) is 0.286. The van der Waals surface area contributed by atoms with Crippen molar-refractivity contribution in [2.24, 2.45) is 0 Å². The predicted octanol–water partition coefficient (Wildman–Crippen LogP) is 3.69. The van der Waals surface area contributed by atoms with E-state index in [4.69, 9.17) is 9.47 Å². The molecule has 0 spiro atoms. The monoisotopic (exact) mass is 340 g/mol. The van der Waals surface area contributed by atoms with E-state index in [0.717, 1.165) is 20.0 Å². The van der Waals surface area contributed by atoms with Crippen LogP contribution in [-0.2, 0) is 0 Å². The Kier molecular flexibility index (Phi) is 3.52. The molecule has 2 atom stereocenters. The maximum absolute atomic E-state index is 10.4. The van der Waals surface area contributed by atoms with Crippen molar-refractivity contribution in [1.29, 1.82) is 0 Å². The van der Waals surface area contributed by atoms with Gasteiger partial charge in [-0.3, -0.25) is 0 Å². The summed E-state index contributed by atoms with van der Waals surface area (Å²) in [4.78, 5) is 2.03. The van der Waals surface area contributed by atoms with Gasteiger partial charge in [0.2, 0.25) is 0 Å². The van der Waals surface area contributed by atoms with Crippen LogP contribution in [0.4, 0.5) is 0 Å². The van der Waals surface area contributed by atoms with E-state index in [1.807, 2.05) is 37.3 Å². The van der Waals surface area contributed by atoms with Gasteiger partial charge in [0.15, 0.2) is 17.6 Å². The van der Waals surface area contributed by atoms with Crippen LogP contribution >= 0.6 is 27.3 Å². The molecule has 19 heavy (non-hydrogen) atoms.